The Labute approximate surface area is 200 Å². The molecule has 1 aromatic carbocycles. The fourth-order valence-electron chi connectivity index (χ4n) is 3.47. The number of guanidine groups is 1. The van der Waals surface area contributed by atoms with Crippen LogP contribution in [0.1, 0.15) is 39.0 Å². The Morgan fingerprint density at radius 1 is 1.17 bits per heavy atom. The number of nitrogens with zero attached hydrogens (tertiary/aromatic N) is 1. The van der Waals surface area contributed by atoms with Crippen molar-refractivity contribution in [3.05, 3.63) is 18.2 Å². The molecule has 1 aromatic rings. The molecule has 30 heavy (non-hydrogen) atoms. The largest absolute Gasteiger partial charge is 0.496 e. The lowest BCUT2D eigenvalue weighted by Crippen LogP contribution is -2.47. The molecule has 3 atom stereocenters. The zero-order valence-electron chi connectivity index (χ0n) is 18.4. The van der Waals surface area contributed by atoms with Crippen LogP contribution in [0.3, 0.4) is 0 Å². The topological polar surface area (TPSA) is 81.2 Å². The first-order valence-corrected chi connectivity index (χ1v) is 11.7. The van der Waals surface area contributed by atoms with Crippen molar-refractivity contribution in [2.24, 2.45) is 4.99 Å². The quantitative estimate of drug-likeness (QED) is 0.200. The fraction of sp³-hybridized carbons (Fsp3) is 0.667. The van der Waals surface area contributed by atoms with E-state index in [1.807, 2.05) is 25.1 Å². The minimum Gasteiger partial charge on any atom is -0.496 e. The molecule has 9 heteroatoms. The van der Waals surface area contributed by atoms with Crippen molar-refractivity contribution < 1.29 is 18.4 Å². The summed E-state index contributed by atoms with van der Waals surface area (Å²) in [7, 11) is 4.30. The molecule has 1 aliphatic rings. The number of ether oxygens (including phenoxy) is 3. The maximum Gasteiger partial charge on any atom is 0.191 e. The number of aliphatic imine (C=N–C) groups is 1. The molecule has 0 amide bonds. The molecule has 1 saturated carbocycles. The molecular weight excluding hydrogens is 517 g/mol. The van der Waals surface area contributed by atoms with E-state index < -0.39 is 10.8 Å². The lowest BCUT2D eigenvalue weighted by molar-refractivity contribution is 0.305. The van der Waals surface area contributed by atoms with Crippen molar-refractivity contribution in [1.82, 2.24) is 10.6 Å². The smallest absolute Gasteiger partial charge is 0.191 e. The predicted octanol–water partition coefficient (Wildman–Crippen LogP) is 3.34. The second kappa shape index (κ2) is 14.7. The van der Waals surface area contributed by atoms with Gasteiger partial charge in [0, 0.05) is 59.6 Å². The van der Waals surface area contributed by atoms with E-state index in [0.29, 0.717) is 29.4 Å². The van der Waals surface area contributed by atoms with E-state index in [9.17, 15) is 4.21 Å². The van der Waals surface area contributed by atoms with E-state index in [0.717, 1.165) is 56.1 Å². The highest BCUT2D eigenvalue weighted by Gasteiger charge is 2.25. The van der Waals surface area contributed by atoms with Gasteiger partial charge >= 0.3 is 0 Å². The van der Waals surface area contributed by atoms with Crippen LogP contribution in [0.2, 0.25) is 0 Å². The van der Waals surface area contributed by atoms with Crippen LogP contribution in [-0.2, 0) is 10.8 Å². The lowest BCUT2D eigenvalue weighted by Gasteiger charge is -2.30. The van der Waals surface area contributed by atoms with Crippen molar-refractivity contribution in [3.8, 4) is 17.2 Å². The summed E-state index contributed by atoms with van der Waals surface area (Å²) in [6.07, 6.45) is 5.05. The Kier molecular flexibility index (Phi) is 13.2. The molecule has 2 rings (SSSR count). The van der Waals surface area contributed by atoms with E-state index in [4.69, 9.17) is 14.2 Å². The number of hydrogen-bond donors (Lipinski definition) is 2. The van der Waals surface area contributed by atoms with Crippen molar-refractivity contribution in [2.75, 3.05) is 40.2 Å². The number of benzene rings is 1. The Balaban J connectivity index is 0.00000450. The SMILES string of the molecule is CCS(=O)C1CCCC(NC(=NC)NCCCOc2cc(OC)cc(OC)c2)C1.I. The summed E-state index contributed by atoms with van der Waals surface area (Å²) in [6, 6.07) is 5.83. The molecule has 0 saturated heterocycles. The molecule has 7 nitrogen and oxygen atoms in total. The third-order valence-corrected chi connectivity index (χ3v) is 6.79. The fourth-order valence-corrected chi connectivity index (χ4v) is 4.82. The van der Waals surface area contributed by atoms with Gasteiger partial charge in [0.05, 0.1) is 20.8 Å². The van der Waals surface area contributed by atoms with Gasteiger partial charge in [-0.15, -0.1) is 24.0 Å². The first-order valence-electron chi connectivity index (χ1n) is 10.3. The maximum absolute atomic E-state index is 12.1. The van der Waals surface area contributed by atoms with Gasteiger partial charge in [-0.3, -0.25) is 9.20 Å². The summed E-state index contributed by atoms with van der Waals surface area (Å²) in [4.78, 5) is 4.32. The van der Waals surface area contributed by atoms with Crippen LogP contribution < -0.4 is 24.8 Å². The van der Waals surface area contributed by atoms with Crippen LogP contribution in [0.15, 0.2) is 23.2 Å². The minimum atomic E-state index is -0.717. The molecule has 2 N–H and O–H groups in total. The number of methoxy groups -OCH3 is 2. The van der Waals surface area contributed by atoms with Gasteiger partial charge in [-0.05, 0) is 25.7 Å². The Morgan fingerprint density at radius 3 is 2.43 bits per heavy atom. The average Bonchev–Trinajstić information content (AvgIpc) is 2.77. The van der Waals surface area contributed by atoms with E-state index in [-0.39, 0.29) is 24.0 Å². The molecule has 0 bridgehead atoms. The molecule has 0 aliphatic heterocycles. The van der Waals surface area contributed by atoms with Crippen LogP contribution in [0.4, 0.5) is 0 Å². The summed E-state index contributed by atoms with van der Waals surface area (Å²) in [5.41, 5.74) is 0. The average molecular weight is 554 g/mol. The summed E-state index contributed by atoms with van der Waals surface area (Å²) in [5.74, 6) is 3.67. The van der Waals surface area contributed by atoms with Crippen molar-refractivity contribution in [1.29, 1.82) is 0 Å². The minimum absolute atomic E-state index is 0. The van der Waals surface area contributed by atoms with E-state index in [2.05, 4.69) is 15.6 Å². The van der Waals surface area contributed by atoms with Crippen molar-refractivity contribution in [2.45, 2.75) is 50.3 Å². The zero-order chi connectivity index (χ0) is 21.1. The van der Waals surface area contributed by atoms with Gasteiger partial charge in [-0.25, -0.2) is 0 Å². The van der Waals surface area contributed by atoms with Gasteiger partial charge in [0.25, 0.3) is 0 Å². The van der Waals surface area contributed by atoms with Gasteiger partial charge in [0.1, 0.15) is 17.2 Å². The first-order chi connectivity index (χ1) is 14.1. The van der Waals surface area contributed by atoms with Crippen molar-refractivity contribution in [3.63, 3.8) is 0 Å². The highest BCUT2D eigenvalue weighted by Crippen LogP contribution is 2.27. The standard InChI is InChI=1S/C21H35N3O4S.HI/c1-5-29(25)20-9-6-8-16(12-20)24-21(22-2)23-10-7-11-28-19-14-17(26-3)13-18(15-19)27-4;/h13-16,20H,5-12H2,1-4H3,(H2,22,23,24);1H. The molecule has 0 spiro atoms. The van der Waals surface area contributed by atoms with E-state index in [1.165, 1.54) is 0 Å². The Hall–Kier alpha value is -1.23. The van der Waals surface area contributed by atoms with Crippen molar-refractivity contribution >= 4 is 40.7 Å². The maximum atomic E-state index is 12.1. The molecule has 0 heterocycles. The molecule has 0 radical (unpaired) electrons. The first kappa shape index (κ1) is 26.8. The third kappa shape index (κ3) is 8.87. The van der Waals surface area contributed by atoms with E-state index >= 15 is 0 Å². The molecule has 3 unspecified atom stereocenters. The predicted molar refractivity (Wildman–Crippen MR) is 134 cm³/mol. The number of nitrogens with one attached hydrogen (secondary N) is 2. The summed E-state index contributed by atoms with van der Waals surface area (Å²) in [6.45, 7) is 3.32. The zero-order valence-corrected chi connectivity index (χ0v) is 21.6. The summed E-state index contributed by atoms with van der Waals surface area (Å²) in [5, 5.41) is 7.13. The van der Waals surface area contributed by atoms with Gasteiger partial charge in [0.2, 0.25) is 0 Å². The van der Waals surface area contributed by atoms with Crippen LogP contribution in [0.5, 0.6) is 17.2 Å². The highest BCUT2D eigenvalue weighted by atomic mass is 127. The summed E-state index contributed by atoms with van der Waals surface area (Å²) >= 11 is 0. The Morgan fingerprint density at radius 2 is 1.83 bits per heavy atom. The summed E-state index contributed by atoms with van der Waals surface area (Å²) < 4.78 is 28.4. The molecule has 172 valence electrons. The highest BCUT2D eigenvalue weighted by molar-refractivity contribution is 14.0. The van der Waals surface area contributed by atoms with Crippen LogP contribution in [0, 0.1) is 0 Å². The van der Waals surface area contributed by atoms with Crippen LogP contribution >= 0.6 is 24.0 Å². The van der Waals surface area contributed by atoms with Crippen LogP contribution in [-0.4, -0.2) is 61.6 Å². The Bertz CT molecular complexity index is 668. The normalized spacial score (nSPS) is 19.9. The third-order valence-electron chi connectivity index (χ3n) is 5.05. The number of hydrogen-bond acceptors (Lipinski definition) is 5. The van der Waals surface area contributed by atoms with Gasteiger partial charge in [-0.2, -0.15) is 0 Å². The van der Waals surface area contributed by atoms with E-state index in [1.54, 1.807) is 21.3 Å². The van der Waals surface area contributed by atoms with Gasteiger partial charge in [-0.1, -0.05) is 13.3 Å². The molecule has 1 aliphatic carbocycles. The number of halogens is 1. The lowest BCUT2D eigenvalue weighted by atomic mass is 9.95. The second-order valence-electron chi connectivity index (χ2n) is 7.05. The molecule has 1 fully saturated rings. The second-order valence-corrected chi connectivity index (χ2v) is 9.05. The van der Waals surface area contributed by atoms with Gasteiger partial charge in [0.15, 0.2) is 5.96 Å². The van der Waals surface area contributed by atoms with Gasteiger partial charge < -0.3 is 24.8 Å². The molecular formula is C21H36IN3O4S. The molecule has 0 aromatic heterocycles. The van der Waals surface area contributed by atoms with Crippen LogP contribution in [0.25, 0.3) is 0 Å². The number of rotatable bonds is 10. The monoisotopic (exact) mass is 553 g/mol.